The maximum absolute atomic E-state index is 15.0. The predicted molar refractivity (Wildman–Crippen MR) is 139 cm³/mol. The van der Waals surface area contributed by atoms with E-state index in [9.17, 15) is 12.8 Å². The lowest BCUT2D eigenvalue weighted by Gasteiger charge is -2.36. The topological polar surface area (TPSA) is 109 Å². The average molecular weight is 541 g/mol. The molecule has 0 unspecified atom stereocenters. The first kappa shape index (κ1) is 24.9. The van der Waals surface area contributed by atoms with E-state index in [1.54, 1.807) is 36.7 Å². The number of nitrogens with one attached hydrogen (secondary N) is 2. The van der Waals surface area contributed by atoms with Crippen LogP contribution in [0, 0.1) is 5.82 Å². The van der Waals surface area contributed by atoms with Crippen LogP contribution in [0.4, 0.5) is 16.0 Å². The number of anilines is 2. The van der Waals surface area contributed by atoms with Gasteiger partial charge in [0, 0.05) is 37.7 Å². The molecule has 5 rings (SSSR count). The molecule has 1 saturated heterocycles. The van der Waals surface area contributed by atoms with Gasteiger partial charge in [0.25, 0.3) is 10.0 Å². The maximum atomic E-state index is 15.0. The van der Waals surface area contributed by atoms with Crippen molar-refractivity contribution in [1.29, 1.82) is 0 Å². The van der Waals surface area contributed by atoms with Gasteiger partial charge in [-0.25, -0.2) is 22.8 Å². The van der Waals surface area contributed by atoms with Crippen molar-refractivity contribution in [3.63, 3.8) is 0 Å². The normalized spacial score (nSPS) is 14.1. The largest absolute Gasteiger partial charge is 0.453 e. The summed E-state index contributed by atoms with van der Waals surface area (Å²) in [4.78, 5) is 15.1. The Labute approximate surface area is 218 Å². The van der Waals surface area contributed by atoms with Crippen LogP contribution in [-0.4, -0.2) is 54.4 Å². The monoisotopic (exact) mass is 540 g/mol. The number of pyridine rings is 1. The standard InChI is InChI=1S/C25H22ClFN6O3S/c1-33-14-17(15-33)30-25-29-11-8-21(31-25)18-13-28-10-9-22(18)36-23-7-6-16(12-20(23)27)32-37(34,35)24-5-3-2-4-19(24)26/h2-13,17,32H,14-15H2,1H3,(H,29,30,31). The number of aromatic nitrogens is 3. The van der Waals surface area contributed by atoms with Crippen LogP contribution in [0.1, 0.15) is 0 Å². The summed E-state index contributed by atoms with van der Waals surface area (Å²) in [7, 11) is -1.97. The summed E-state index contributed by atoms with van der Waals surface area (Å²) in [6, 6.07) is 13.3. The van der Waals surface area contributed by atoms with Crippen molar-refractivity contribution in [2.45, 2.75) is 10.9 Å². The SMILES string of the molecule is CN1CC(Nc2nccc(-c3cnccc3Oc3ccc(NS(=O)(=O)c4ccccc4Cl)cc3F)n2)C1. The fourth-order valence-electron chi connectivity index (χ4n) is 3.85. The summed E-state index contributed by atoms with van der Waals surface area (Å²) >= 11 is 6.00. The summed E-state index contributed by atoms with van der Waals surface area (Å²) < 4.78 is 48.5. The number of likely N-dealkylation sites (tertiary alicyclic amines) is 1. The van der Waals surface area contributed by atoms with Crippen molar-refractivity contribution in [2.75, 3.05) is 30.2 Å². The number of likely N-dealkylation sites (N-methyl/N-ethyl adjacent to an activating group) is 1. The first-order chi connectivity index (χ1) is 17.8. The molecule has 0 saturated carbocycles. The molecule has 190 valence electrons. The van der Waals surface area contributed by atoms with Crippen LogP contribution >= 0.6 is 11.6 Å². The maximum Gasteiger partial charge on any atom is 0.263 e. The third-order valence-electron chi connectivity index (χ3n) is 5.64. The lowest BCUT2D eigenvalue weighted by atomic mass is 10.1. The quantitative estimate of drug-likeness (QED) is 0.332. The molecule has 37 heavy (non-hydrogen) atoms. The molecule has 2 aromatic carbocycles. The van der Waals surface area contributed by atoms with E-state index in [-0.39, 0.29) is 27.4 Å². The van der Waals surface area contributed by atoms with Gasteiger partial charge >= 0.3 is 0 Å². The van der Waals surface area contributed by atoms with Crippen LogP contribution in [0.3, 0.4) is 0 Å². The molecule has 0 atom stereocenters. The van der Waals surface area contributed by atoms with Crippen molar-refractivity contribution < 1.29 is 17.5 Å². The second kappa shape index (κ2) is 10.3. The Morgan fingerprint density at radius 2 is 1.89 bits per heavy atom. The molecule has 0 aliphatic carbocycles. The molecule has 0 radical (unpaired) electrons. The lowest BCUT2D eigenvalue weighted by molar-refractivity contribution is 0.204. The Morgan fingerprint density at radius 1 is 1.08 bits per heavy atom. The molecule has 1 aliphatic heterocycles. The van der Waals surface area contributed by atoms with Crippen LogP contribution in [0.25, 0.3) is 11.3 Å². The van der Waals surface area contributed by atoms with Gasteiger partial charge in [-0.1, -0.05) is 23.7 Å². The Hall–Kier alpha value is -3.80. The Bertz CT molecular complexity index is 1550. The highest BCUT2D eigenvalue weighted by molar-refractivity contribution is 7.92. The van der Waals surface area contributed by atoms with Crippen molar-refractivity contribution in [3.8, 4) is 22.8 Å². The Balaban J connectivity index is 1.35. The number of sulfonamides is 1. The van der Waals surface area contributed by atoms with Crippen molar-refractivity contribution >= 4 is 33.3 Å². The summed E-state index contributed by atoms with van der Waals surface area (Å²) in [5.74, 6) is -0.0580. The fourth-order valence-corrected chi connectivity index (χ4v) is 5.42. The highest BCUT2D eigenvalue weighted by atomic mass is 35.5. The first-order valence-corrected chi connectivity index (χ1v) is 13.1. The number of halogens is 2. The first-order valence-electron chi connectivity index (χ1n) is 11.3. The molecule has 9 nitrogen and oxygen atoms in total. The lowest BCUT2D eigenvalue weighted by Crippen LogP contribution is -2.52. The minimum Gasteiger partial charge on any atom is -0.453 e. The highest BCUT2D eigenvalue weighted by Crippen LogP contribution is 2.34. The second-order valence-corrected chi connectivity index (χ2v) is 10.5. The Kier molecular flexibility index (Phi) is 6.92. The minimum absolute atomic E-state index is 0.0212. The zero-order valence-corrected chi connectivity index (χ0v) is 21.2. The van der Waals surface area contributed by atoms with Gasteiger partial charge in [-0.2, -0.15) is 0 Å². The van der Waals surface area contributed by atoms with Crippen LogP contribution in [0.5, 0.6) is 11.5 Å². The summed E-state index contributed by atoms with van der Waals surface area (Å²) in [5.41, 5.74) is 1.12. The van der Waals surface area contributed by atoms with Gasteiger partial charge in [-0.3, -0.25) is 9.71 Å². The van der Waals surface area contributed by atoms with E-state index in [2.05, 4.69) is 29.9 Å². The molecule has 1 aliphatic rings. The zero-order chi connectivity index (χ0) is 26.0. The van der Waals surface area contributed by atoms with Crippen LogP contribution in [0.15, 0.2) is 78.1 Å². The molecule has 2 aromatic heterocycles. The third-order valence-corrected chi connectivity index (χ3v) is 7.52. The van der Waals surface area contributed by atoms with Crippen molar-refractivity contribution in [2.24, 2.45) is 0 Å². The molecule has 12 heteroatoms. The molecule has 3 heterocycles. The fraction of sp³-hybridized carbons (Fsp3) is 0.160. The molecular weight excluding hydrogens is 519 g/mol. The van der Waals surface area contributed by atoms with E-state index >= 15 is 0 Å². The second-order valence-electron chi connectivity index (χ2n) is 8.48. The van der Waals surface area contributed by atoms with Crippen molar-refractivity contribution in [3.05, 3.63) is 84.0 Å². The number of ether oxygens (including phenoxy) is 1. The summed E-state index contributed by atoms with van der Waals surface area (Å²) in [6.07, 6.45) is 4.72. The number of hydrogen-bond donors (Lipinski definition) is 2. The van der Waals surface area contributed by atoms with E-state index in [0.29, 0.717) is 23.0 Å². The molecule has 1 fully saturated rings. The third kappa shape index (κ3) is 5.63. The van der Waals surface area contributed by atoms with E-state index in [1.165, 1.54) is 30.5 Å². The summed E-state index contributed by atoms with van der Waals surface area (Å²) in [6.45, 7) is 1.80. The zero-order valence-electron chi connectivity index (χ0n) is 19.6. The van der Waals surface area contributed by atoms with Crippen LogP contribution < -0.4 is 14.8 Å². The molecule has 4 aromatic rings. The van der Waals surface area contributed by atoms with Crippen LogP contribution in [0.2, 0.25) is 5.02 Å². The van der Waals surface area contributed by atoms with E-state index in [1.807, 2.05) is 7.05 Å². The van der Waals surface area contributed by atoms with Crippen molar-refractivity contribution in [1.82, 2.24) is 19.9 Å². The van der Waals surface area contributed by atoms with Gasteiger partial charge in [0.2, 0.25) is 5.95 Å². The van der Waals surface area contributed by atoms with Gasteiger partial charge in [0.05, 0.1) is 28.0 Å². The van der Waals surface area contributed by atoms with Gasteiger partial charge in [-0.15, -0.1) is 0 Å². The molecule has 0 amide bonds. The number of hydrogen-bond acceptors (Lipinski definition) is 8. The molecule has 2 N–H and O–H groups in total. The van der Waals surface area contributed by atoms with E-state index in [4.69, 9.17) is 16.3 Å². The van der Waals surface area contributed by atoms with Gasteiger partial charge in [0.1, 0.15) is 10.6 Å². The molecule has 0 spiro atoms. The highest BCUT2D eigenvalue weighted by Gasteiger charge is 2.24. The van der Waals surface area contributed by atoms with Gasteiger partial charge in [-0.05, 0) is 43.4 Å². The van der Waals surface area contributed by atoms with Gasteiger partial charge in [0.15, 0.2) is 11.6 Å². The van der Waals surface area contributed by atoms with E-state index < -0.39 is 15.8 Å². The number of nitrogens with zero attached hydrogens (tertiary/aromatic N) is 4. The van der Waals surface area contributed by atoms with Crippen LogP contribution in [-0.2, 0) is 10.0 Å². The molecular formula is C25H22ClFN6O3S. The minimum atomic E-state index is -4.01. The molecule has 0 bridgehead atoms. The van der Waals surface area contributed by atoms with Gasteiger partial charge < -0.3 is 15.0 Å². The number of benzene rings is 2. The predicted octanol–water partition coefficient (Wildman–Crippen LogP) is 4.65. The smallest absolute Gasteiger partial charge is 0.263 e. The average Bonchev–Trinajstić information content (AvgIpc) is 2.85. The van der Waals surface area contributed by atoms with E-state index in [0.717, 1.165) is 19.2 Å². The summed E-state index contributed by atoms with van der Waals surface area (Å²) in [5, 5.41) is 3.35. The Morgan fingerprint density at radius 3 is 2.65 bits per heavy atom. The number of rotatable bonds is 8.